The Morgan fingerprint density at radius 2 is 2.10 bits per heavy atom. The average molecular weight is 277 g/mol. The molecule has 20 heavy (non-hydrogen) atoms. The highest BCUT2D eigenvalue weighted by Crippen LogP contribution is 2.21. The van der Waals surface area contributed by atoms with E-state index in [9.17, 15) is 0 Å². The van der Waals surface area contributed by atoms with Gasteiger partial charge >= 0.3 is 0 Å². The third kappa shape index (κ3) is 6.73. The van der Waals surface area contributed by atoms with E-state index in [1.807, 2.05) is 26.0 Å². The predicted molar refractivity (Wildman–Crippen MR) is 85.2 cm³/mol. The van der Waals surface area contributed by atoms with Crippen LogP contribution in [0.4, 0.5) is 0 Å². The van der Waals surface area contributed by atoms with Gasteiger partial charge in [0.2, 0.25) is 0 Å². The Labute approximate surface area is 123 Å². The molecule has 1 aromatic carbocycles. The summed E-state index contributed by atoms with van der Waals surface area (Å²) in [6.07, 6.45) is 3.48. The molecule has 112 valence electrons. The van der Waals surface area contributed by atoms with E-state index in [4.69, 9.17) is 9.47 Å². The molecule has 0 spiro atoms. The largest absolute Gasteiger partial charge is 0.491 e. The van der Waals surface area contributed by atoms with E-state index in [0.717, 1.165) is 31.9 Å². The molecule has 1 aromatic rings. The summed E-state index contributed by atoms with van der Waals surface area (Å²) in [5.74, 6) is 0.934. The minimum absolute atomic E-state index is 0.208. The smallest absolute Gasteiger partial charge is 0.120 e. The zero-order valence-corrected chi connectivity index (χ0v) is 13.1. The molecule has 1 N–H and O–H groups in total. The van der Waals surface area contributed by atoms with Crippen molar-refractivity contribution in [2.75, 3.05) is 26.8 Å². The summed E-state index contributed by atoms with van der Waals surface area (Å²) in [6.45, 7) is 8.87. The maximum absolute atomic E-state index is 5.72. The van der Waals surface area contributed by atoms with Gasteiger partial charge in [0.1, 0.15) is 5.75 Å². The number of ether oxygens (including phenoxy) is 2. The SMILES string of the molecule is COCCNCC/C=C(/C)c1cccc(OC(C)C)c1. The van der Waals surface area contributed by atoms with Gasteiger partial charge in [-0.15, -0.1) is 0 Å². The van der Waals surface area contributed by atoms with Gasteiger partial charge < -0.3 is 14.8 Å². The van der Waals surface area contributed by atoms with Gasteiger partial charge in [-0.05, 0) is 57.0 Å². The zero-order valence-electron chi connectivity index (χ0n) is 13.1. The van der Waals surface area contributed by atoms with Gasteiger partial charge in [-0.3, -0.25) is 0 Å². The fraction of sp³-hybridized carbons (Fsp3) is 0.529. The molecule has 0 saturated heterocycles. The van der Waals surface area contributed by atoms with Crippen molar-refractivity contribution in [3.05, 3.63) is 35.9 Å². The third-order valence-corrected chi connectivity index (χ3v) is 2.92. The summed E-state index contributed by atoms with van der Waals surface area (Å²) in [4.78, 5) is 0. The first kappa shape index (κ1) is 16.7. The highest BCUT2D eigenvalue weighted by Gasteiger charge is 2.00. The van der Waals surface area contributed by atoms with Crippen molar-refractivity contribution in [3.63, 3.8) is 0 Å². The fourth-order valence-electron chi connectivity index (χ4n) is 1.89. The number of benzene rings is 1. The van der Waals surface area contributed by atoms with Crippen LogP contribution in [-0.4, -0.2) is 32.9 Å². The quantitative estimate of drug-likeness (QED) is 0.701. The standard InChI is InChI=1S/C17H27NO2/c1-14(2)20-17-9-5-8-16(13-17)15(3)7-6-10-18-11-12-19-4/h5,7-9,13-14,18H,6,10-12H2,1-4H3/b15-7-. The molecule has 1 rings (SSSR count). The molecule has 0 aliphatic rings. The molecule has 0 radical (unpaired) electrons. The molecule has 0 amide bonds. The van der Waals surface area contributed by atoms with Crippen molar-refractivity contribution >= 4 is 5.57 Å². The van der Waals surface area contributed by atoms with Crippen LogP contribution in [-0.2, 0) is 4.74 Å². The van der Waals surface area contributed by atoms with E-state index < -0.39 is 0 Å². The van der Waals surface area contributed by atoms with Gasteiger partial charge in [-0.2, -0.15) is 0 Å². The Hall–Kier alpha value is -1.32. The third-order valence-electron chi connectivity index (χ3n) is 2.92. The Morgan fingerprint density at radius 1 is 1.30 bits per heavy atom. The Bertz CT molecular complexity index is 413. The number of nitrogens with one attached hydrogen (secondary N) is 1. The monoisotopic (exact) mass is 277 g/mol. The Morgan fingerprint density at radius 3 is 2.80 bits per heavy atom. The first-order valence-electron chi connectivity index (χ1n) is 7.27. The van der Waals surface area contributed by atoms with E-state index in [1.165, 1.54) is 11.1 Å². The molecule has 3 nitrogen and oxygen atoms in total. The van der Waals surface area contributed by atoms with Crippen LogP contribution in [0.1, 0.15) is 32.8 Å². The van der Waals surface area contributed by atoms with Crippen LogP contribution in [0.3, 0.4) is 0 Å². The Balaban J connectivity index is 2.47. The number of hydrogen-bond donors (Lipinski definition) is 1. The fourth-order valence-corrected chi connectivity index (χ4v) is 1.89. The molecule has 0 atom stereocenters. The van der Waals surface area contributed by atoms with E-state index in [2.05, 4.69) is 30.4 Å². The maximum Gasteiger partial charge on any atom is 0.120 e. The molecule has 0 unspecified atom stereocenters. The zero-order chi connectivity index (χ0) is 14.8. The lowest BCUT2D eigenvalue weighted by atomic mass is 10.1. The topological polar surface area (TPSA) is 30.5 Å². The highest BCUT2D eigenvalue weighted by atomic mass is 16.5. The van der Waals surface area contributed by atoms with Gasteiger partial charge in [0.05, 0.1) is 12.7 Å². The lowest BCUT2D eigenvalue weighted by molar-refractivity contribution is 0.199. The highest BCUT2D eigenvalue weighted by molar-refractivity contribution is 5.64. The lowest BCUT2D eigenvalue weighted by Gasteiger charge is -2.11. The minimum Gasteiger partial charge on any atom is -0.491 e. The second-order valence-corrected chi connectivity index (χ2v) is 5.11. The molecule has 0 aromatic heterocycles. The van der Waals surface area contributed by atoms with Gasteiger partial charge in [-0.25, -0.2) is 0 Å². The number of allylic oxidation sites excluding steroid dienone is 1. The molecule has 0 aliphatic carbocycles. The molecule has 0 bridgehead atoms. The van der Waals surface area contributed by atoms with Crippen LogP contribution < -0.4 is 10.1 Å². The number of hydrogen-bond acceptors (Lipinski definition) is 3. The molecular formula is C17H27NO2. The summed E-state index contributed by atoms with van der Waals surface area (Å²) in [5.41, 5.74) is 2.51. The molecule has 3 heteroatoms. The summed E-state index contributed by atoms with van der Waals surface area (Å²) < 4.78 is 10.7. The van der Waals surface area contributed by atoms with Gasteiger partial charge in [0.25, 0.3) is 0 Å². The molecule has 0 fully saturated rings. The lowest BCUT2D eigenvalue weighted by Crippen LogP contribution is -2.19. The van der Waals surface area contributed by atoms with E-state index in [-0.39, 0.29) is 6.10 Å². The number of rotatable bonds is 9. The summed E-state index contributed by atoms with van der Waals surface area (Å²) in [7, 11) is 1.72. The van der Waals surface area contributed by atoms with E-state index in [1.54, 1.807) is 7.11 Å². The van der Waals surface area contributed by atoms with Crippen molar-refractivity contribution < 1.29 is 9.47 Å². The van der Waals surface area contributed by atoms with Crippen molar-refractivity contribution in [2.24, 2.45) is 0 Å². The summed E-state index contributed by atoms with van der Waals surface area (Å²) >= 11 is 0. The average Bonchev–Trinajstić information content (AvgIpc) is 2.42. The van der Waals surface area contributed by atoms with Crippen molar-refractivity contribution in [1.29, 1.82) is 0 Å². The second kappa shape index (κ2) is 9.56. The van der Waals surface area contributed by atoms with Gasteiger partial charge in [-0.1, -0.05) is 18.2 Å². The van der Waals surface area contributed by atoms with Gasteiger partial charge in [0.15, 0.2) is 0 Å². The molecule has 0 heterocycles. The van der Waals surface area contributed by atoms with Crippen LogP contribution in [0.5, 0.6) is 5.75 Å². The first-order valence-corrected chi connectivity index (χ1v) is 7.27. The number of methoxy groups -OCH3 is 1. The van der Waals surface area contributed by atoms with Crippen LogP contribution in [0.2, 0.25) is 0 Å². The van der Waals surface area contributed by atoms with E-state index >= 15 is 0 Å². The van der Waals surface area contributed by atoms with Crippen LogP contribution in [0.15, 0.2) is 30.3 Å². The first-order chi connectivity index (χ1) is 9.63. The summed E-state index contributed by atoms with van der Waals surface area (Å²) in [5, 5.41) is 3.34. The molecule has 0 aliphatic heterocycles. The van der Waals surface area contributed by atoms with Crippen LogP contribution >= 0.6 is 0 Å². The van der Waals surface area contributed by atoms with Crippen molar-refractivity contribution in [3.8, 4) is 5.75 Å². The van der Waals surface area contributed by atoms with Gasteiger partial charge in [0, 0.05) is 13.7 Å². The van der Waals surface area contributed by atoms with Crippen LogP contribution in [0, 0.1) is 0 Å². The van der Waals surface area contributed by atoms with Crippen molar-refractivity contribution in [2.45, 2.75) is 33.3 Å². The maximum atomic E-state index is 5.72. The van der Waals surface area contributed by atoms with E-state index in [0.29, 0.717) is 0 Å². The normalized spacial score (nSPS) is 11.9. The summed E-state index contributed by atoms with van der Waals surface area (Å²) in [6, 6.07) is 8.27. The second-order valence-electron chi connectivity index (χ2n) is 5.11. The molecule has 0 saturated carbocycles. The van der Waals surface area contributed by atoms with Crippen molar-refractivity contribution in [1.82, 2.24) is 5.32 Å². The predicted octanol–water partition coefficient (Wildman–Crippen LogP) is 3.50. The minimum atomic E-state index is 0.208. The Kier molecular flexibility index (Phi) is 8.00. The van der Waals surface area contributed by atoms with Crippen LogP contribution in [0.25, 0.3) is 5.57 Å². The molecular weight excluding hydrogens is 250 g/mol.